The molecule has 24 heavy (non-hydrogen) atoms. The zero-order chi connectivity index (χ0) is 16.4. The Balaban J connectivity index is 1.36. The second-order valence-corrected chi connectivity index (χ2v) is 7.14. The molecule has 4 rings (SSSR count). The zero-order valence-electron chi connectivity index (χ0n) is 13.5. The van der Waals surface area contributed by atoms with Gasteiger partial charge >= 0.3 is 0 Å². The highest BCUT2D eigenvalue weighted by molar-refractivity contribution is 7.08. The van der Waals surface area contributed by atoms with E-state index in [4.69, 9.17) is 9.15 Å². The van der Waals surface area contributed by atoms with Crippen molar-refractivity contribution in [2.45, 2.75) is 50.7 Å². The first-order valence-electron chi connectivity index (χ1n) is 8.57. The van der Waals surface area contributed by atoms with E-state index in [0.717, 1.165) is 18.4 Å². The van der Waals surface area contributed by atoms with E-state index in [-0.39, 0.29) is 18.1 Å². The Hall–Kier alpha value is -1.73. The molecule has 0 bridgehead atoms. The number of hydrogen-bond acceptors (Lipinski definition) is 6. The molecule has 2 aliphatic rings. The van der Waals surface area contributed by atoms with Gasteiger partial charge in [-0.1, -0.05) is 12.8 Å². The smallest absolute Gasteiger partial charge is 0.248 e. The molecule has 1 aliphatic heterocycles. The monoisotopic (exact) mass is 347 g/mol. The Kier molecular flexibility index (Phi) is 4.62. The van der Waals surface area contributed by atoms with Gasteiger partial charge in [0.15, 0.2) is 0 Å². The number of aryl methyl sites for hydroxylation is 1. The molecule has 1 amide bonds. The topological polar surface area (TPSA) is 68.5 Å². The number of morpholine rings is 1. The highest BCUT2D eigenvalue weighted by atomic mass is 32.1. The first kappa shape index (κ1) is 15.8. The number of aromatic nitrogens is 2. The van der Waals surface area contributed by atoms with Gasteiger partial charge in [-0.3, -0.25) is 4.79 Å². The average Bonchev–Trinajstić information content (AvgIpc) is 3.30. The summed E-state index contributed by atoms with van der Waals surface area (Å²) in [4.78, 5) is 14.7. The van der Waals surface area contributed by atoms with E-state index in [1.165, 1.54) is 12.8 Å². The van der Waals surface area contributed by atoms with Crippen LogP contribution < -0.4 is 0 Å². The van der Waals surface area contributed by atoms with Crippen molar-refractivity contribution in [2.75, 3.05) is 13.2 Å². The molecule has 6 nitrogen and oxygen atoms in total. The van der Waals surface area contributed by atoms with Crippen molar-refractivity contribution in [3.63, 3.8) is 0 Å². The lowest BCUT2D eigenvalue weighted by Gasteiger charge is -2.43. The Morgan fingerprint density at radius 1 is 1.33 bits per heavy atom. The van der Waals surface area contributed by atoms with Crippen molar-refractivity contribution in [2.24, 2.45) is 0 Å². The summed E-state index contributed by atoms with van der Waals surface area (Å²) in [5.74, 6) is 1.22. The van der Waals surface area contributed by atoms with E-state index in [1.54, 1.807) is 11.3 Å². The maximum absolute atomic E-state index is 12.6. The summed E-state index contributed by atoms with van der Waals surface area (Å²) in [5.41, 5.74) is 0.934. The normalized spacial score (nSPS) is 23.9. The third-order valence-electron chi connectivity index (χ3n) is 4.84. The number of rotatable bonds is 4. The van der Waals surface area contributed by atoms with Gasteiger partial charge in [-0.15, -0.1) is 10.2 Å². The van der Waals surface area contributed by atoms with Gasteiger partial charge in [0, 0.05) is 30.3 Å². The van der Waals surface area contributed by atoms with Crippen LogP contribution in [0.25, 0.3) is 11.5 Å². The molecule has 0 aromatic carbocycles. The number of fused-ring (bicyclic) bond motifs is 1. The maximum atomic E-state index is 12.6. The van der Waals surface area contributed by atoms with Crippen LogP contribution in [0.4, 0.5) is 0 Å². The van der Waals surface area contributed by atoms with Gasteiger partial charge in [-0.2, -0.15) is 11.3 Å². The average molecular weight is 347 g/mol. The summed E-state index contributed by atoms with van der Waals surface area (Å²) in [6.07, 6.45) is 5.64. The van der Waals surface area contributed by atoms with E-state index < -0.39 is 0 Å². The molecule has 2 aromatic heterocycles. The number of thiophene rings is 1. The molecule has 0 radical (unpaired) electrons. The van der Waals surface area contributed by atoms with Gasteiger partial charge < -0.3 is 14.1 Å². The molecule has 0 N–H and O–H groups in total. The van der Waals surface area contributed by atoms with Crippen LogP contribution in [0, 0.1) is 0 Å². The first-order chi connectivity index (χ1) is 11.8. The van der Waals surface area contributed by atoms with Gasteiger partial charge in [0.2, 0.25) is 17.7 Å². The summed E-state index contributed by atoms with van der Waals surface area (Å²) in [5, 5.41) is 12.1. The molecule has 7 heteroatoms. The predicted molar refractivity (Wildman–Crippen MR) is 89.6 cm³/mol. The SMILES string of the molecule is O=C(CCc1nnc(-c2ccsc2)o1)N1CCO[C@@H]2CCCC[C@H]21. The van der Waals surface area contributed by atoms with Crippen molar-refractivity contribution < 1.29 is 13.9 Å². The van der Waals surface area contributed by atoms with E-state index >= 15 is 0 Å². The second kappa shape index (κ2) is 7.03. The first-order valence-corrected chi connectivity index (χ1v) is 9.51. The third kappa shape index (κ3) is 3.23. The predicted octanol–water partition coefficient (Wildman–Crippen LogP) is 2.90. The van der Waals surface area contributed by atoms with Crippen molar-refractivity contribution in [3.05, 3.63) is 22.7 Å². The highest BCUT2D eigenvalue weighted by Gasteiger charge is 2.36. The zero-order valence-corrected chi connectivity index (χ0v) is 14.3. The van der Waals surface area contributed by atoms with Gasteiger partial charge in [-0.05, 0) is 24.3 Å². The van der Waals surface area contributed by atoms with Crippen LogP contribution >= 0.6 is 11.3 Å². The summed E-state index contributed by atoms with van der Waals surface area (Å²) in [6.45, 7) is 1.35. The second-order valence-electron chi connectivity index (χ2n) is 6.36. The number of carbonyl (C=O) groups is 1. The largest absolute Gasteiger partial charge is 0.421 e. The van der Waals surface area contributed by atoms with E-state index in [1.807, 2.05) is 21.7 Å². The minimum atomic E-state index is 0.172. The van der Waals surface area contributed by atoms with Crippen LogP contribution in [-0.4, -0.2) is 46.3 Å². The summed E-state index contributed by atoms with van der Waals surface area (Å²) >= 11 is 1.59. The lowest BCUT2D eigenvalue weighted by molar-refractivity contribution is -0.149. The van der Waals surface area contributed by atoms with Crippen molar-refractivity contribution in [1.29, 1.82) is 0 Å². The van der Waals surface area contributed by atoms with Crippen molar-refractivity contribution in [3.8, 4) is 11.5 Å². The highest BCUT2D eigenvalue weighted by Crippen LogP contribution is 2.29. The summed E-state index contributed by atoms with van der Waals surface area (Å²) in [7, 11) is 0. The lowest BCUT2D eigenvalue weighted by Crippen LogP contribution is -2.54. The van der Waals surface area contributed by atoms with Crippen LogP contribution in [0.1, 0.15) is 38.0 Å². The molecule has 128 valence electrons. The Morgan fingerprint density at radius 3 is 3.12 bits per heavy atom. The number of hydrogen-bond donors (Lipinski definition) is 0. The fourth-order valence-electron chi connectivity index (χ4n) is 3.62. The molecule has 2 aromatic rings. The Labute approximate surface area is 144 Å². The Bertz CT molecular complexity index is 683. The van der Waals surface area contributed by atoms with E-state index in [0.29, 0.717) is 37.8 Å². The minimum absolute atomic E-state index is 0.172. The molecule has 1 saturated carbocycles. The lowest BCUT2D eigenvalue weighted by atomic mass is 9.90. The number of amides is 1. The quantitative estimate of drug-likeness (QED) is 0.851. The van der Waals surface area contributed by atoms with Crippen LogP contribution in [0.5, 0.6) is 0 Å². The summed E-state index contributed by atoms with van der Waals surface area (Å²) in [6, 6.07) is 2.20. The maximum Gasteiger partial charge on any atom is 0.248 e. The molecule has 1 aliphatic carbocycles. The van der Waals surface area contributed by atoms with Gasteiger partial charge in [-0.25, -0.2) is 0 Å². The van der Waals surface area contributed by atoms with Crippen LogP contribution in [0.15, 0.2) is 21.2 Å². The van der Waals surface area contributed by atoms with Crippen LogP contribution in [-0.2, 0) is 16.0 Å². The standard InChI is InChI=1S/C17H21N3O3S/c21-16(20-8-9-22-14-4-2-1-3-13(14)20)6-5-15-18-19-17(23-15)12-7-10-24-11-12/h7,10-11,13-14H,1-6,8-9H2/t13-,14-/m1/s1. The van der Waals surface area contributed by atoms with Crippen LogP contribution in [0.2, 0.25) is 0 Å². The van der Waals surface area contributed by atoms with Crippen molar-refractivity contribution >= 4 is 17.2 Å². The molecular weight excluding hydrogens is 326 g/mol. The molecule has 3 heterocycles. The fraction of sp³-hybridized carbons (Fsp3) is 0.588. The molecule has 0 spiro atoms. The van der Waals surface area contributed by atoms with Crippen molar-refractivity contribution in [1.82, 2.24) is 15.1 Å². The van der Waals surface area contributed by atoms with E-state index in [2.05, 4.69) is 10.2 Å². The Morgan fingerprint density at radius 2 is 2.25 bits per heavy atom. The number of nitrogens with zero attached hydrogens (tertiary/aromatic N) is 3. The van der Waals surface area contributed by atoms with E-state index in [9.17, 15) is 4.79 Å². The van der Waals surface area contributed by atoms with Gasteiger partial charge in [0.25, 0.3) is 0 Å². The molecular formula is C17H21N3O3S. The molecule has 0 unspecified atom stereocenters. The number of ether oxygens (including phenoxy) is 1. The fourth-order valence-corrected chi connectivity index (χ4v) is 4.25. The molecule has 1 saturated heterocycles. The molecule has 2 fully saturated rings. The van der Waals surface area contributed by atoms with Gasteiger partial charge in [0.1, 0.15) is 0 Å². The van der Waals surface area contributed by atoms with Gasteiger partial charge in [0.05, 0.1) is 18.8 Å². The minimum Gasteiger partial charge on any atom is -0.421 e. The number of carbonyl (C=O) groups excluding carboxylic acids is 1. The summed E-state index contributed by atoms with van der Waals surface area (Å²) < 4.78 is 11.5. The third-order valence-corrected chi connectivity index (χ3v) is 5.52. The molecule has 2 atom stereocenters. The van der Waals surface area contributed by atoms with Crippen LogP contribution in [0.3, 0.4) is 0 Å².